The van der Waals surface area contributed by atoms with Crippen molar-refractivity contribution >= 4 is 30.1 Å². The second kappa shape index (κ2) is 9.07. The number of hydrogen-bond acceptors (Lipinski definition) is 3. The fourth-order valence-electron chi connectivity index (χ4n) is 3.11. The molecule has 3 nitrogen and oxygen atoms in total. The van der Waals surface area contributed by atoms with Crippen molar-refractivity contribution in [3.05, 3.63) is 84.9 Å². The minimum absolute atomic E-state index is 0.0962. The van der Waals surface area contributed by atoms with E-state index in [0.29, 0.717) is 0 Å². The highest BCUT2D eigenvalue weighted by Gasteiger charge is 2.06. The van der Waals surface area contributed by atoms with E-state index in [2.05, 4.69) is 89.5 Å². The molecule has 0 fully saturated rings. The molecule has 4 aromatic carbocycles. The van der Waals surface area contributed by atoms with E-state index in [9.17, 15) is 0 Å². The molecule has 4 aromatic rings. The number of hydrogen-bond donors (Lipinski definition) is 2. The quantitative estimate of drug-likeness (QED) is 0.412. The number of benzene rings is 4. The third-order valence-corrected chi connectivity index (χ3v) is 4.78. The van der Waals surface area contributed by atoms with E-state index in [1.807, 2.05) is 0 Å². The molecule has 4 rings (SSSR count). The SMILES string of the molecule is CC(C)OP(O)O.c1ccc2c(-c3cccc4ccccc34)cccc2c1. The molecule has 0 radical (unpaired) electrons. The summed E-state index contributed by atoms with van der Waals surface area (Å²) in [4.78, 5) is 16.2. The Morgan fingerprint density at radius 1 is 0.630 bits per heavy atom. The Morgan fingerprint density at radius 3 is 1.41 bits per heavy atom. The first-order chi connectivity index (χ1) is 13.1. The average molecular weight is 378 g/mol. The normalized spacial score (nSPS) is 11.0. The highest BCUT2D eigenvalue weighted by Crippen LogP contribution is 2.33. The molecule has 0 aliphatic carbocycles. The van der Waals surface area contributed by atoms with Crippen LogP contribution in [-0.2, 0) is 4.52 Å². The summed E-state index contributed by atoms with van der Waals surface area (Å²) < 4.78 is 4.43. The fourth-order valence-corrected chi connectivity index (χ4v) is 3.49. The molecular weight excluding hydrogens is 355 g/mol. The van der Waals surface area contributed by atoms with Gasteiger partial charge in [0.2, 0.25) is 0 Å². The molecule has 0 aliphatic rings. The van der Waals surface area contributed by atoms with Crippen molar-refractivity contribution in [2.45, 2.75) is 20.0 Å². The maximum absolute atomic E-state index is 8.12. The van der Waals surface area contributed by atoms with Gasteiger partial charge in [0, 0.05) is 0 Å². The molecule has 0 saturated heterocycles. The Kier molecular flexibility index (Phi) is 6.54. The summed E-state index contributed by atoms with van der Waals surface area (Å²) in [5.41, 5.74) is 2.61. The zero-order valence-electron chi connectivity index (χ0n) is 15.4. The Labute approximate surface area is 160 Å². The molecule has 4 heteroatoms. The van der Waals surface area contributed by atoms with Crippen LogP contribution in [0, 0.1) is 0 Å². The first-order valence-corrected chi connectivity index (χ1v) is 10.0. The fraction of sp³-hybridized carbons (Fsp3) is 0.130. The molecule has 0 bridgehead atoms. The maximum atomic E-state index is 8.12. The van der Waals surface area contributed by atoms with Gasteiger partial charge < -0.3 is 14.3 Å². The van der Waals surface area contributed by atoms with Crippen LogP contribution in [0.15, 0.2) is 84.9 Å². The molecule has 0 amide bonds. The second-order valence-electron chi connectivity index (χ2n) is 6.46. The Bertz CT molecular complexity index is 934. The Morgan fingerprint density at radius 2 is 1.04 bits per heavy atom. The molecular formula is C23H23O3P. The molecule has 0 unspecified atom stereocenters. The number of rotatable bonds is 3. The van der Waals surface area contributed by atoms with Gasteiger partial charge in [-0.05, 0) is 46.5 Å². The van der Waals surface area contributed by atoms with Crippen molar-refractivity contribution < 1.29 is 14.3 Å². The summed E-state index contributed by atoms with van der Waals surface area (Å²) in [6.07, 6.45) is -0.0962. The van der Waals surface area contributed by atoms with Crippen LogP contribution in [0.3, 0.4) is 0 Å². The summed E-state index contributed by atoms with van der Waals surface area (Å²) in [6.45, 7) is 3.48. The summed E-state index contributed by atoms with van der Waals surface area (Å²) >= 11 is 0. The van der Waals surface area contributed by atoms with Crippen LogP contribution in [0.2, 0.25) is 0 Å². The minimum atomic E-state index is -2.14. The minimum Gasteiger partial charge on any atom is -0.328 e. The molecule has 0 saturated carbocycles. The third kappa shape index (κ3) is 4.91. The lowest BCUT2D eigenvalue weighted by molar-refractivity contribution is 0.201. The average Bonchev–Trinajstić information content (AvgIpc) is 2.66. The van der Waals surface area contributed by atoms with Gasteiger partial charge in [-0.1, -0.05) is 84.9 Å². The zero-order valence-corrected chi connectivity index (χ0v) is 16.3. The van der Waals surface area contributed by atoms with Crippen molar-refractivity contribution in [3.63, 3.8) is 0 Å². The monoisotopic (exact) mass is 378 g/mol. The second-order valence-corrected chi connectivity index (χ2v) is 7.18. The van der Waals surface area contributed by atoms with E-state index in [1.54, 1.807) is 13.8 Å². The molecule has 27 heavy (non-hydrogen) atoms. The maximum Gasteiger partial charge on any atom is 0.327 e. The van der Waals surface area contributed by atoms with Crippen LogP contribution in [0.25, 0.3) is 32.7 Å². The predicted octanol–water partition coefficient (Wildman–Crippen LogP) is 6.28. The first kappa shape index (κ1) is 19.5. The standard InChI is InChI=1S/C20H14.C3H9O3P/c1-3-11-17-15(7-1)9-5-13-19(17)20-14-6-10-16-8-2-4-12-18(16)20;1-3(2)6-7(4)5/h1-14H;3-5H,1-2H3. The van der Waals surface area contributed by atoms with Crippen LogP contribution in [0.4, 0.5) is 0 Å². The summed E-state index contributed by atoms with van der Waals surface area (Å²) in [5, 5.41) is 5.20. The lowest BCUT2D eigenvalue weighted by Crippen LogP contribution is -1.95. The smallest absolute Gasteiger partial charge is 0.327 e. The van der Waals surface area contributed by atoms with Gasteiger partial charge >= 0.3 is 8.60 Å². The van der Waals surface area contributed by atoms with Crippen molar-refractivity contribution in [3.8, 4) is 11.1 Å². The van der Waals surface area contributed by atoms with Crippen molar-refractivity contribution in [1.82, 2.24) is 0 Å². The molecule has 0 heterocycles. The highest BCUT2D eigenvalue weighted by atomic mass is 31.2. The lowest BCUT2D eigenvalue weighted by Gasteiger charge is -2.10. The van der Waals surface area contributed by atoms with Crippen LogP contribution in [0.1, 0.15) is 13.8 Å². The Hall–Kier alpha value is -2.29. The molecule has 2 N–H and O–H groups in total. The van der Waals surface area contributed by atoms with Crippen molar-refractivity contribution in [2.75, 3.05) is 0 Å². The van der Waals surface area contributed by atoms with Gasteiger partial charge in [-0.2, -0.15) is 0 Å². The van der Waals surface area contributed by atoms with Gasteiger partial charge in [0.25, 0.3) is 0 Å². The predicted molar refractivity (Wildman–Crippen MR) is 114 cm³/mol. The van der Waals surface area contributed by atoms with Crippen LogP contribution < -0.4 is 0 Å². The summed E-state index contributed by atoms with van der Waals surface area (Å²) in [6, 6.07) is 30.2. The topological polar surface area (TPSA) is 49.7 Å². The molecule has 0 spiro atoms. The molecule has 0 atom stereocenters. The van der Waals surface area contributed by atoms with E-state index >= 15 is 0 Å². The van der Waals surface area contributed by atoms with Crippen molar-refractivity contribution in [2.24, 2.45) is 0 Å². The van der Waals surface area contributed by atoms with E-state index in [0.717, 1.165) is 0 Å². The van der Waals surface area contributed by atoms with E-state index in [1.165, 1.54) is 32.7 Å². The van der Waals surface area contributed by atoms with Crippen LogP contribution >= 0.6 is 8.60 Å². The molecule has 0 aliphatic heterocycles. The van der Waals surface area contributed by atoms with Gasteiger partial charge in [-0.25, -0.2) is 0 Å². The third-order valence-electron chi connectivity index (χ3n) is 4.17. The van der Waals surface area contributed by atoms with Gasteiger partial charge in [0.05, 0.1) is 6.10 Å². The molecule has 0 aromatic heterocycles. The van der Waals surface area contributed by atoms with E-state index in [-0.39, 0.29) is 6.10 Å². The summed E-state index contributed by atoms with van der Waals surface area (Å²) in [7, 11) is -2.14. The largest absolute Gasteiger partial charge is 0.328 e. The zero-order chi connectivity index (χ0) is 19.2. The number of fused-ring (bicyclic) bond motifs is 2. The van der Waals surface area contributed by atoms with E-state index in [4.69, 9.17) is 9.79 Å². The Balaban J connectivity index is 0.000000260. The van der Waals surface area contributed by atoms with Crippen LogP contribution in [-0.4, -0.2) is 15.9 Å². The van der Waals surface area contributed by atoms with E-state index < -0.39 is 8.60 Å². The van der Waals surface area contributed by atoms with Crippen LogP contribution in [0.5, 0.6) is 0 Å². The molecule has 138 valence electrons. The van der Waals surface area contributed by atoms with Crippen molar-refractivity contribution in [1.29, 1.82) is 0 Å². The van der Waals surface area contributed by atoms with Gasteiger partial charge in [0.15, 0.2) is 0 Å². The lowest BCUT2D eigenvalue weighted by atomic mass is 9.94. The van der Waals surface area contributed by atoms with Gasteiger partial charge in [-0.15, -0.1) is 0 Å². The van der Waals surface area contributed by atoms with Gasteiger partial charge in [-0.3, -0.25) is 0 Å². The summed E-state index contributed by atoms with van der Waals surface area (Å²) in [5.74, 6) is 0. The highest BCUT2D eigenvalue weighted by molar-refractivity contribution is 7.39. The van der Waals surface area contributed by atoms with Gasteiger partial charge in [0.1, 0.15) is 0 Å². The first-order valence-electron chi connectivity index (χ1n) is 8.87.